The van der Waals surface area contributed by atoms with Gasteiger partial charge in [0.2, 0.25) is 0 Å². The monoisotopic (exact) mass is 374 g/mol. The first kappa shape index (κ1) is 19.3. The largest absolute Gasteiger partial charge is 0.586 e. The first-order chi connectivity index (χ1) is 12.4. The molecule has 2 atom stereocenters. The van der Waals surface area contributed by atoms with Crippen LogP contribution in [0.5, 0.6) is 11.5 Å². The molecule has 1 aliphatic heterocycles. The molecule has 1 saturated carbocycles. The Morgan fingerprint density at radius 1 is 1.04 bits per heavy atom. The number of ether oxygens (including phenoxy) is 2. The van der Waals surface area contributed by atoms with Crippen LogP contribution in [0.1, 0.15) is 70.0 Å². The molecule has 0 bridgehead atoms. The second kappa shape index (κ2) is 8.05. The molecule has 0 spiro atoms. The molecule has 1 aromatic carbocycles. The summed E-state index contributed by atoms with van der Waals surface area (Å²) in [5, 5.41) is 0. The van der Waals surface area contributed by atoms with Crippen LogP contribution in [-0.4, -0.2) is 12.5 Å². The lowest BCUT2D eigenvalue weighted by atomic mass is 9.76. The maximum atomic E-state index is 14.7. The van der Waals surface area contributed by atoms with E-state index in [1.54, 1.807) is 0 Å². The first-order valence-electron chi connectivity index (χ1n) is 9.57. The predicted octanol–water partition coefficient (Wildman–Crippen LogP) is 6.74. The van der Waals surface area contributed by atoms with Gasteiger partial charge in [-0.05, 0) is 42.4 Å². The zero-order chi connectivity index (χ0) is 18.7. The zero-order valence-electron chi connectivity index (χ0n) is 15.0. The molecule has 0 aromatic heterocycles. The van der Waals surface area contributed by atoms with Gasteiger partial charge in [0.15, 0.2) is 17.7 Å². The highest BCUT2D eigenvalue weighted by Crippen LogP contribution is 2.45. The van der Waals surface area contributed by atoms with E-state index in [2.05, 4.69) is 16.4 Å². The minimum absolute atomic E-state index is 0.0163. The number of hydrogen-bond acceptors (Lipinski definition) is 2. The van der Waals surface area contributed by atoms with E-state index < -0.39 is 18.6 Å². The third kappa shape index (κ3) is 4.44. The van der Waals surface area contributed by atoms with Gasteiger partial charge in [-0.15, -0.1) is 8.78 Å². The van der Waals surface area contributed by atoms with Gasteiger partial charge in [0.25, 0.3) is 0 Å². The number of benzene rings is 1. The van der Waals surface area contributed by atoms with E-state index in [1.807, 2.05) is 0 Å². The summed E-state index contributed by atoms with van der Waals surface area (Å²) in [7, 11) is 0. The van der Waals surface area contributed by atoms with Gasteiger partial charge in [-0.1, -0.05) is 51.5 Å². The van der Waals surface area contributed by atoms with E-state index in [0.717, 1.165) is 18.9 Å². The molecule has 146 valence electrons. The fourth-order valence-corrected chi connectivity index (χ4v) is 4.04. The molecular formula is C20H26F4O2. The molecule has 2 unspecified atom stereocenters. The van der Waals surface area contributed by atoms with Crippen molar-refractivity contribution in [2.24, 2.45) is 11.8 Å². The molecule has 0 N–H and O–H groups in total. The highest BCUT2D eigenvalue weighted by atomic mass is 19.3. The summed E-state index contributed by atoms with van der Waals surface area (Å²) >= 11 is 0. The van der Waals surface area contributed by atoms with E-state index in [1.165, 1.54) is 37.8 Å². The normalized spacial score (nSPS) is 26.5. The van der Waals surface area contributed by atoms with Crippen LogP contribution in [0.3, 0.4) is 0 Å². The van der Waals surface area contributed by atoms with Crippen LogP contribution < -0.4 is 9.47 Å². The molecule has 3 rings (SSSR count). The Morgan fingerprint density at radius 2 is 1.73 bits per heavy atom. The van der Waals surface area contributed by atoms with Crippen LogP contribution in [-0.2, 0) is 0 Å². The summed E-state index contributed by atoms with van der Waals surface area (Å²) in [6.07, 6.45) is 0.802. The lowest BCUT2D eigenvalue weighted by Crippen LogP contribution is -2.26. The van der Waals surface area contributed by atoms with Gasteiger partial charge in [0.05, 0.1) is 0 Å². The first-order valence-corrected chi connectivity index (χ1v) is 9.57. The average Bonchev–Trinajstić information content (AvgIpc) is 2.94. The van der Waals surface area contributed by atoms with Gasteiger partial charge in [0, 0.05) is 0 Å². The Labute approximate surface area is 151 Å². The van der Waals surface area contributed by atoms with Gasteiger partial charge >= 0.3 is 6.29 Å². The van der Waals surface area contributed by atoms with Crippen molar-refractivity contribution < 1.29 is 27.0 Å². The topological polar surface area (TPSA) is 18.5 Å². The Balaban J connectivity index is 1.55. The van der Waals surface area contributed by atoms with E-state index >= 15 is 0 Å². The SMILES string of the molecule is CCCCCC1CCC(C(F)C(F)c2ccc3c(c2)OC(F)(F)O3)CC1. The van der Waals surface area contributed by atoms with Crippen molar-refractivity contribution in [1.82, 2.24) is 0 Å². The molecule has 1 aromatic rings. The van der Waals surface area contributed by atoms with Crippen molar-refractivity contribution in [2.45, 2.75) is 76.9 Å². The third-order valence-corrected chi connectivity index (χ3v) is 5.58. The lowest BCUT2D eigenvalue weighted by molar-refractivity contribution is -0.286. The fraction of sp³-hybridized carbons (Fsp3) is 0.700. The molecule has 6 heteroatoms. The lowest BCUT2D eigenvalue weighted by Gasteiger charge is -2.31. The molecule has 0 amide bonds. The number of halogens is 4. The smallest absolute Gasteiger partial charge is 0.395 e. The van der Waals surface area contributed by atoms with Gasteiger partial charge < -0.3 is 9.47 Å². The average molecular weight is 374 g/mol. The van der Waals surface area contributed by atoms with Crippen molar-refractivity contribution in [3.63, 3.8) is 0 Å². The molecule has 26 heavy (non-hydrogen) atoms. The van der Waals surface area contributed by atoms with Crippen LogP contribution in [0.4, 0.5) is 17.6 Å². The standard InChI is InChI=1S/C20H26F4O2/c1-2-3-4-5-13-6-8-14(9-7-13)18(21)19(22)15-10-11-16-17(12-15)26-20(23,24)25-16/h10-14,18-19H,2-9H2,1H3. The predicted molar refractivity (Wildman–Crippen MR) is 91.0 cm³/mol. The van der Waals surface area contributed by atoms with Crippen LogP contribution in [0.15, 0.2) is 18.2 Å². The van der Waals surface area contributed by atoms with E-state index in [4.69, 9.17) is 0 Å². The molecule has 2 nitrogen and oxygen atoms in total. The molecule has 1 heterocycles. The highest BCUT2D eigenvalue weighted by Gasteiger charge is 2.44. The summed E-state index contributed by atoms with van der Waals surface area (Å²) in [6.45, 7) is 2.17. The maximum absolute atomic E-state index is 14.7. The second-order valence-corrected chi connectivity index (χ2v) is 7.50. The molecule has 1 fully saturated rings. The van der Waals surface area contributed by atoms with E-state index in [9.17, 15) is 17.6 Å². The number of rotatable bonds is 7. The Morgan fingerprint density at radius 3 is 2.42 bits per heavy atom. The van der Waals surface area contributed by atoms with Crippen molar-refractivity contribution in [2.75, 3.05) is 0 Å². The molecule has 0 saturated heterocycles. The summed E-state index contributed by atoms with van der Waals surface area (Å²) in [4.78, 5) is 0. The Hall–Kier alpha value is -1.46. The Bertz CT molecular complexity index is 599. The minimum atomic E-state index is -3.75. The molecular weight excluding hydrogens is 348 g/mol. The molecule has 0 radical (unpaired) electrons. The zero-order valence-corrected chi connectivity index (χ0v) is 15.0. The van der Waals surface area contributed by atoms with Crippen LogP contribution in [0, 0.1) is 11.8 Å². The fourth-order valence-electron chi connectivity index (χ4n) is 4.04. The number of alkyl halides is 4. The van der Waals surface area contributed by atoms with Gasteiger partial charge in [-0.25, -0.2) is 8.78 Å². The minimum Gasteiger partial charge on any atom is -0.395 e. The second-order valence-electron chi connectivity index (χ2n) is 7.50. The number of hydrogen-bond donors (Lipinski definition) is 0. The maximum Gasteiger partial charge on any atom is 0.586 e. The van der Waals surface area contributed by atoms with E-state index in [0.29, 0.717) is 18.8 Å². The van der Waals surface area contributed by atoms with Crippen LogP contribution in [0.25, 0.3) is 0 Å². The van der Waals surface area contributed by atoms with Crippen LogP contribution in [0.2, 0.25) is 0 Å². The van der Waals surface area contributed by atoms with Crippen molar-refractivity contribution in [3.05, 3.63) is 23.8 Å². The van der Waals surface area contributed by atoms with Crippen LogP contribution >= 0.6 is 0 Å². The van der Waals surface area contributed by atoms with Gasteiger partial charge in [0.1, 0.15) is 6.17 Å². The number of unbranched alkanes of at least 4 members (excludes halogenated alkanes) is 2. The van der Waals surface area contributed by atoms with Gasteiger partial charge in [-0.2, -0.15) is 0 Å². The molecule has 2 aliphatic rings. The summed E-state index contributed by atoms with van der Waals surface area (Å²) in [6, 6.07) is 3.61. The number of fused-ring (bicyclic) bond motifs is 1. The van der Waals surface area contributed by atoms with Crippen molar-refractivity contribution in [3.8, 4) is 11.5 Å². The summed E-state index contributed by atoms with van der Waals surface area (Å²) < 4.78 is 64.1. The summed E-state index contributed by atoms with van der Waals surface area (Å²) in [5.74, 6) is -0.106. The van der Waals surface area contributed by atoms with Gasteiger partial charge in [-0.3, -0.25) is 0 Å². The quantitative estimate of drug-likeness (QED) is 0.388. The third-order valence-electron chi connectivity index (χ3n) is 5.58. The molecule has 1 aliphatic carbocycles. The van der Waals surface area contributed by atoms with E-state index in [-0.39, 0.29) is 23.0 Å². The highest BCUT2D eigenvalue weighted by molar-refractivity contribution is 5.46. The summed E-state index contributed by atoms with van der Waals surface area (Å²) in [5.41, 5.74) is 0.0163. The van der Waals surface area contributed by atoms with Crippen molar-refractivity contribution >= 4 is 0 Å². The Kier molecular flexibility index (Phi) is 5.98. The van der Waals surface area contributed by atoms with Crippen molar-refractivity contribution in [1.29, 1.82) is 0 Å².